The van der Waals surface area contributed by atoms with Crippen LogP contribution in [0.3, 0.4) is 0 Å². The molecular weight excluding hydrogens is 705 g/mol. The first-order valence-electron chi connectivity index (χ1n) is 19.7. The molecule has 268 valence electrons. The SMILES string of the molecule is c1ccc(-c2ccc3c4ccccc4n(-c4cccc5c4c4ccccc4n5-c4ccccc4)c3c2[Si](c2ccccc2)(c2ccccc2)c2ccccc2)cc1. The lowest BCUT2D eigenvalue weighted by Crippen LogP contribution is -2.75. The molecule has 2 heterocycles. The maximum Gasteiger partial charge on any atom is 0.182 e. The summed E-state index contributed by atoms with van der Waals surface area (Å²) in [5, 5.41) is 10.4. The quantitative estimate of drug-likeness (QED) is 0.114. The first-order chi connectivity index (χ1) is 28.3. The number of para-hydroxylation sites is 3. The molecule has 0 aliphatic heterocycles. The molecule has 0 unspecified atom stereocenters. The largest absolute Gasteiger partial charge is 0.309 e. The minimum absolute atomic E-state index is 1.15. The molecule has 2 aromatic heterocycles. The number of hydrogen-bond donors (Lipinski definition) is 0. The maximum absolute atomic E-state index is 3.11. The molecule has 0 spiro atoms. The Labute approximate surface area is 333 Å². The van der Waals surface area contributed by atoms with Crippen molar-refractivity contribution in [3.63, 3.8) is 0 Å². The van der Waals surface area contributed by atoms with Gasteiger partial charge in [0.25, 0.3) is 0 Å². The lowest BCUT2D eigenvalue weighted by molar-refractivity contribution is 1.17. The molecule has 0 aliphatic rings. The van der Waals surface area contributed by atoms with Gasteiger partial charge in [-0.25, -0.2) is 0 Å². The van der Waals surface area contributed by atoms with Crippen molar-refractivity contribution in [2.75, 3.05) is 0 Å². The van der Waals surface area contributed by atoms with Crippen molar-refractivity contribution in [3.05, 3.63) is 231 Å². The average molecular weight is 743 g/mol. The Morgan fingerprint density at radius 1 is 0.316 bits per heavy atom. The zero-order chi connectivity index (χ0) is 37.8. The second-order valence-corrected chi connectivity index (χ2v) is 18.5. The van der Waals surface area contributed by atoms with E-state index in [2.05, 4.69) is 240 Å². The van der Waals surface area contributed by atoms with Crippen LogP contribution in [0.25, 0.3) is 66.1 Å². The number of fused-ring (bicyclic) bond motifs is 6. The van der Waals surface area contributed by atoms with Gasteiger partial charge in [0.1, 0.15) is 0 Å². The van der Waals surface area contributed by atoms with Crippen LogP contribution >= 0.6 is 0 Å². The van der Waals surface area contributed by atoms with E-state index in [-0.39, 0.29) is 0 Å². The summed E-state index contributed by atoms with van der Waals surface area (Å²) in [6.45, 7) is 0. The molecule has 0 radical (unpaired) electrons. The predicted molar refractivity (Wildman–Crippen MR) is 244 cm³/mol. The van der Waals surface area contributed by atoms with Crippen LogP contribution in [0, 0.1) is 0 Å². The first-order valence-corrected chi connectivity index (χ1v) is 21.7. The zero-order valence-corrected chi connectivity index (χ0v) is 32.3. The summed E-state index contributed by atoms with van der Waals surface area (Å²) in [5.41, 5.74) is 9.62. The van der Waals surface area contributed by atoms with Crippen molar-refractivity contribution < 1.29 is 0 Å². The molecule has 11 rings (SSSR count). The van der Waals surface area contributed by atoms with Gasteiger partial charge in [-0.05, 0) is 68.3 Å². The molecule has 0 aliphatic carbocycles. The first kappa shape index (κ1) is 33.2. The summed E-state index contributed by atoms with van der Waals surface area (Å²) in [7, 11) is -3.11. The van der Waals surface area contributed by atoms with Gasteiger partial charge in [-0.15, -0.1) is 0 Å². The zero-order valence-electron chi connectivity index (χ0n) is 31.3. The van der Waals surface area contributed by atoms with E-state index in [1.165, 1.54) is 81.2 Å². The highest BCUT2D eigenvalue weighted by atomic mass is 28.3. The van der Waals surface area contributed by atoms with Crippen molar-refractivity contribution in [2.45, 2.75) is 0 Å². The van der Waals surface area contributed by atoms with Crippen LogP contribution in [0.4, 0.5) is 0 Å². The van der Waals surface area contributed by atoms with Crippen LogP contribution in [0.2, 0.25) is 0 Å². The van der Waals surface area contributed by atoms with E-state index in [1.807, 2.05) is 0 Å². The van der Waals surface area contributed by atoms with Gasteiger partial charge in [0.15, 0.2) is 8.07 Å². The average Bonchev–Trinajstić information content (AvgIpc) is 3.82. The highest BCUT2D eigenvalue weighted by Crippen LogP contribution is 2.41. The Morgan fingerprint density at radius 3 is 1.39 bits per heavy atom. The normalized spacial score (nSPS) is 11.9. The molecular formula is C54H38N2Si. The predicted octanol–water partition coefficient (Wildman–Crippen LogP) is 10.9. The fraction of sp³-hybridized carbons (Fsp3) is 0. The molecule has 0 bridgehead atoms. The van der Waals surface area contributed by atoms with Gasteiger partial charge in [-0.1, -0.05) is 194 Å². The number of nitrogens with zero attached hydrogens (tertiary/aromatic N) is 2. The number of hydrogen-bond acceptors (Lipinski definition) is 0. The summed E-state index contributed by atoms with van der Waals surface area (Å²) in [6.07, 6.45) is 0. The standard InChI is InChI=1S/C54H38N2Si/c1-6-21-39(22-7-1)44-37-38-46-45-31-16-18-33-48(45)56(51-36-20-35-50-52(51)47-32-17-19-34-49(47)55(50)40-23-8-2-9-24-40)53(46)54(44)57(41-25-10-3-11-26-41,42-27-12-4-13-28-42)43-29-14-5-15-30-43/h1-38H. The molecule has 0 fully saturated rings. The van der Waals surface area contributed by atoms with E-state index >= 15 is 0 Å². The number of rotatable bonds is 7. The fourth-order valence-corrected chi connectivity index (χ4v) is 14.8. The van der Waals surface area contributed by atoms with Gasteiger partial charge >= 0.3 is 0 Å². The summed E-state index contributed by atoms with van der Waals surface area (Å²) < 4.78 is 5.04. The lowest BCUT2D eigenvalue weighted by atomic mass is 10.0. The maximum atomic E-state index is 2.62. The van der Waals surface area contributed by atoms with Gasteiger partial charge in [-0.2, -0.15) is 0 Å². The molecule has 0 amide bonds. The van der Waals surface area contributed by atoms with E-state index in [4.69, 9.17) is 0 Å². The number of aromatic nitrogens is 2. The monoisotopic (exact) mass is 742 g/mol. The summed E-state index contributed by atoms with van der Waals surface area (Å²) >= 11 is 0. The molecule has 9 aromatic carbocycles. The van der Waals surface area contributed by atoms with Gasteiger partial charge in [-0.3, -0.25) is 0 Å². The van der Waals surface area contributed by atoms with Gasteiger partial charge in [0, 0.05) is 27.2 Å². The van der Waals surface area contributed by atoms with Crippen molar-refractivity contribution in [1.82, 2.24) is 9.13 Å². The molecule has 0 saturated heterocycles. The van der Waals surface area contributed by atoms with Crippen molar-refractivity contribution in [1.29, 1.82) is 0 Å². The van der Waals surface area contributed by atoms with E-state index in [9.17, 15) is 0 Å². The summed E-state index contributed by atoms with van der Waals surface area (Å²) in [6, 6.07) is 85.4. The smallest absolute Gasteiger partial charge is 0.182 e. The lowest BCUT2D eigenvalue weighted by Gasteiger charge is -2.37. The van der Waals surface area contributed by atoms with Crippen molar-refractivity contribution in [3.8, 4) is 22.5 Å². The molecule has 11 aromatic rings. The third-order valence-corrected chi connectivity index (χ3v) is 16.7. The van der Waals surface area contributed by atoms with Gasteiger partial charge in [0.05, 0.1) is 27.8 Å². The van der Waals surface area contributed by atoms with Gasteiger partial charge in [0.2, 0.25) is 0 Å². The Hall–Kier alpha value is -7.20. The Balaban J connectivity index is 1.41. The van der Waals surface area contributed by atoms with Crippen LogP contribution in [0.15, 0.2) is 231 Å². The molecule has 3 heteroatoms. The Bertz CT molecular complexity index is 3110. The second-order valence-electron chi connectivity index (χ2n) is 14.8. The summed E-state index contributed by atoms with van der Waals surface area (Å²) in [5.74, 6) is 0. The Kier molecular flexibility index (Phi) is 7.87. The fourth-order valence-electron chi connectivity index (χ4n) is 9.59. The van der Waals surface area contributed by atoms with Crippen LogP contribution in [0.1, 0.15) is 0 Å². The highest BCUT2D eigenvalue weighted by Gasteiger charge is 2.45. The van der Waals surface area contributed by atoms with E-state index in [1.54, 1.807) is 0 Å². The van der Waals surface area contributed by atoms with Crippen LogP contribution in [-0.4, -0.2) is 17.2 Å². The van der Waals surface area contributed by atoms with Gasteiger partial charge < -0.3 is 9.13 Å². The second kappa shape index (κ2) is 13.5. The minimum atomic E-state index is -3.11. The molecule has 2 nitrogen and oxygen atoms in total. The highest BCUT2D eigenvalue weighted by molar-refractivity contribution is 7.21. The summed E-state index contributed by atoms with van der Waals surface area (Å²) in [4.78, 5) is 0. The molecule has 0 atom stereocenters. The minimum Gasteiger partial charge on any atom is -0.309 e. The van der Waals surface area contributed by atoms with E-state index < -0.39 is 8.07 Å². The topological polar surface area (TPSA) is 9.86 Å². The molecule has 0 saturated carbocycles. The van der Waals surface area contributed by atoms with Crippen LogP contribution in [-0.2, 0) is 0 Å². The van der Waals surface area contributed by atoms with Crippen LogP contribution in [0.5, 0.6) is 0 Å². The van der Waals surface area contributed by atoms with E-state index in [0.717, 1.165) is 5.69 Å². The van der Waals surface area contributed by atoms with E-state index in [0.29, 0.717) is 0 Å². The van der Waals surface area contributed by atoms with Crippen molar-refractivity contribution in [2.24, 2.45) is 0 Å². The number of benzene rings is 9. The Morgan fingerprint density at radius 2 is 0.789 bits per heavy atom. The molecule has 57 heavy (non-hydrogen) atoms. The third-order valence-electron chi connectivity index (χ3n) is 11.8. The third kappa shape index (κ3) is 5.03. The van der Waals surface area contributed by atoms with Crippen LogP contribution < -0.4 is 20.7 Å². The molecule has 0 N–H and O–H groups in total. The van der Waals surface area contributed by atoms with Crippen molar-refractivity contribution >= 4 is 72.4 Å².